The normalized spacial score (nSPS) is 14.3. The third kappa shape index (κ3) is 12.3. The molecule has 156 valence electrons. The molecule has 0 aliphatic heterocycles. The topological polar surface area (TPSA) is 92.3 Å². The van der Waals surface area contributed by atoms with Gasteiger partial charge >= 0.3 is 0 Å². The van der Waals surface area contributed by atoms with Gasteiger partial charge in [-0.1, -0.05) is 34.1 Å². The van der Waals surface area contributed by atoms with Crippen LogP contribution in [0.4, 0.5) is 0 Å². The first-order chi connectivity index (χ1) is 12.5. The lowest BCUT2D eigenvalue weighted by molar-refractivity contribution is -0.129. The van der Waals surface area contributed by atoms with Gasteiger partial charge in [0, 0.05) is 24.8 Å². The third-order valence-corrected chi connectivity index (χ3v) is 4.91. The van der Waals surface area contributed by atoms with Crippen LogP contribution in [0.25, 0.3) is 0 Å². The van der Waals surface area contributed by atoms with Gasteiger partial charge in [0.1, 0.15) is 17.6 Å². The second kappa shape index (κ2) is 13.4. The summed E-state index contributed by atoms with van der Waals surface area (Å²) in [4.78, 5) is 47.1. The number of ketones is 2. The Morgan fingerprint density at radius 2 is 1.37 bits per heavy atom. The van der Waals surface area contributed by atoms with Gasteiger partial charge in [0.2, 0.25) is 11.8 Å². The zero-order chi connectivity index (χ0) is 21.0. The highest BCUT2D eigenvalue weighted by Crippen LogP contribution is 2.10. The molecular formula is C21H38N2O4. The van der Waals surface area contributed by atoms with Crippen LogP contribution in [0, 0.1) is 17.8 Å². The predicted molar refractivity (Wildman–Crippen MR) is 107 cm³/mol. The van der Waals surface area contributed by atoms with Gasteiger partial charge in [-0.3, -0.25) is 19.2 Å². The lowest BCUT2D eigenvalue weighted by Gasteiger charge is -2.20. The molecule has 0 spiro atoms. The molecule has 0 bridgehead atoms. The number of carbonyl (C=O) groups excluding carboxylic acids is 4. The van der Waals surface area contributed by atoms with E-state index < -0.39 is 6.04 Å². The number of carbonyl (C=O) groups is 4. The third-order valence-electron chi connectivity index (χ3n) is 4.91. The molecule has 0 rings (SSSR count). The van der Waals surface area contributed by atoms with Crippen molar-refractivity contribution >= 4 is 23.4 Å². The standard InChI is InChI=1S/C21H38N2O4/c1-14(2)13-19(23-20(26)11-10-16(4)18(6)25)21(27)22-12-8-7-9-15(3)17(5)24/h14-16,19H,7-13H2,1-6H3,(H,22,27)(H,23,26)/t15?,16-,19?/m0/s1. The zero-order valence-electron chi connectivity index (χ0n) is 17.9. The number of hydrogen-bond acceptors (Lipinski definition) is 4. The molecule has 0 saturated heterocycles. The van der Waals surface area contributed by atoms with Gasteiger partial charge in [-0.2, -0.15) is 0 Å². The van der Waals surface area contributed by atoms with Crippen molar-refractivity contribution in [1.82, 2.24) is 10.6 Å². The van der Waals surface area contributed by atoms with Crippen LogP contribution < -0.4 is 10.6 Å². The van der Waals surface area contributed by atoms with E-state index in [9.17, 15) is 19.2 Å². The Bertz CT molecular complexity index is 502. The summed E-state index contributed by atoms with van der Waals surface area (Å²) in [5, 5.41) is 5.70. The predicted octanol–water partition coefficient (Wildman–Crippen LogP) is 3.03. The Balaban J connectivity index is 4.36. The fourth-order valence-electron chi connectivity index (χ4n) is 2.63. The first-order valence-electron chi connectivity index (χ1n) is 10.1. The van der Waals surface area contributed by atoms with E-state index in [1.807, 2.05) is 20.8 Å². The van der Waals surface area contributed by atoms with E-state index in [4.69, 9.17) is 0 Å². The minimum atomic E-state index is -0.554. The Morgan fingerprint density at radius 1 is 0.815 bits per heavy atom. The average Bonchev–Trinajstić information content (AvgIpc) is 2.57. The summed E-state index contributed by atoms with van der Waals surface area (Å²) in [5.41, 5.74) is 0. The molecule has 0 saturated carbocycles. The van der Waals surface area contributed by atoms with E-state index in [-0.39, 0.29) is 47.6 Å². The van der Waals surface area contributed by atoms with Crippen molar-refractivity contribution in [2.75, 3.05) is 6.54 Å². The Kier molecular flexibility index (Phi) is 12.6. The Labute approximate surface area is 164 Å². The van der Waals surface area contributed by atoms with Crippen LogP contribution >= 0.6 is 0 Å². The quantitative estimate of drug-likeness (QED) is 0.452. The molecule has 3 atom stereocenters. The number of hydrogen-bond donors (Lipinski definition) is 2. The van der Waals surface area contributed by atoms with Crippen LogP contribution in [0.15, 0.2) is 0 Å². The van der Waals surface area contributed by atoms with E-state index >= 15 is 0 Å². The highest BCUT2D eigenvalue weighted by atomic mass is 16.2. The lowest BCUT2D eigenvalue weighted by Crippen LogP contribution is -2.47. The van der Waals surface area contributed by atoms with E-state index in [1.165, 1.54) is 6.92 Å². The number of rotatable bonds is 14. The largest absolute Gasteiger partial charge is 0.354 e. The molecule has 6 nitrogen and oxygen atoms in total. The van der Waals surface area contributed by atoms with Crippen molar-refractivity contribution in [2.45, 2.75) is 86.1 Å². The summed E-state index contributed by atoms with van der Waals surface area (Å²) in [6.45, 7) is 11.4. The molecule has 2 unspecified atom stereocenters. The van der Waals surface area contributed by atoms with Gasteiger partial charge in [-0.15, -0.1) is 0 Å². The summed E-state index contributed by atoms with van der Waals surface area (Å²) in [6.07, 6.45) is 3.82. The number of nitrogens with one attached hydrogen (secondary N) is 2. The fourth-order valence-corrected chi connectivity index (χ4v) is 2.63. The Hall–Kier alpha value is -1.72. The molecule has 6 heteroatoms. The van der Waals surface area contributed by atoms with Crippen molar-refractivity contribution in [1.29, 1.82) is 0 Å². The van der Waals surface area contributed by atoms with Crippen molar-refractivity contribution in [2.24, 2.45) is 17.8 Å². The maximum absolute atomic E-state index is 12.4. The van der Waals surface area contributed by atoms with Crippen LogP contribution in [-0.2, 0) is 19.2 Å². The summed E-state index contributed by atoms with van der Waals surface area (Å²) >= 11 is 0. The molecule has 0 aromatic carbocycles. The van der Waals surface area contributed by atoms with Crippen molar-refractivity contribution in [3.8, 4) is 0 Å². The van der Waals surface area contributed by atoms with Crippen molar-refractivity contribution in [3.63, 3.8) is 0 Å². The summed E-state index contributed by atoms with van der Waals surface area (Å²) < 4.78 is 0. The SMILES string of the molecule is CC(=O)C(C)CCCCNC(=O)C(CC(C)C)NC(=O)CC[C@H](C)C(C)=O. The second-order valence-corrected chi connectivity index (χ2v) is 8.10. The maximum Gasteiger partial charge on any atom is 0.242 e. The van der Waals surface area contributed by atoms with Gasteiger partial charge in [-0.25, -0.2) is 0 Å². The lowest BCUT2D eigenvalue weighted by atomic mass is 9.99. The summed E-state index contributed by atoms with van der Waals surface area (Å²) in [5.74, 6) is 0.0804. The van der Waals surface area contributed by atoms with E-state index in [0.29, 0.717) is 19.4 Å². The molecule has 2 amide bonds. The molecule has 0 heterocycles. The first kappa shape index (κ1) is 25.3. The monoisotopic (exact) mass is 382 g/mol. The van der Waals surface area contributed by atoms with E-state index in [1.54, 1.807) is 13.8 Å². The van der Waals surface area contributed by atoms with Crippen LogP contribution in [0.2, 0.25) is 0 Å². The molecular weight excluding hydrogens is 344 g/mol. The van der Waals surface area contributed by atoms with Crippen molar-refractivity contribution < 1.29 is 19.2 Å². The van der Waals surface area contributed by atoms with E-state index in [0.717, 1.165) is 19.3 Å². The highest BCUT2D eigenvalue weighted by molar-refractivity contribution is 5.87. The van der Waals surface area contributed by atoms with Gasteiger partial charge < -0.3 is 10.6 Å². The molecule has 27 heavy (non-hydrogen) atoms. The minimum absolute atomic E-state index is 0.0612. The summed E-state index contributed by atoms with van der Waals surface area (Å²) in [7, 11) is 0. The van der Waals surface area contributed by atoms with Gasteiger partial charge in [0.25, 0.3) is 0 Å². The first-order valence-corrected chi connectivity index (χ1v) is 10.1. The molecule has 0 radical (unpaired) electrons. The van der Waals surface area contributed by atoms with Gasteiger partial charge in [0.05, 0.1) is 0 Å². The molecule has 0 aromatic heterocycles. The zero-order valence-corrected chi connectivity index (χ0v) is 17.9. The Morgan fingerprint density at radius 3 is 1.89 bits per heavy atom. The van der Waals surface area contributed by atoms with Gasteiger partial charge in [-0.05, 0) is 45.4 Å². The molecule has 2 N–H and O–H groups in total. The number of unbranched alkanes of at least 4 members (excludes halogenated alkanes) is 1. The molecule has 0 fully saturated rings. The highest BCUT2D eigenvalue weighted by Gasteiger charge is 2.22. The van der Waals surface area contributed by atoms with Crippen LogP contribution in [-0.4, -0.2) is 36.0 Å². The van der Waals surface area contributed by atoms with E-state index in [2.05, 4.69) is 10.6 Å². The molecule has 0 aliphatic carbocycles. The second-order valence-electron chi connectivity index (χ2n) is 8.10. The maximum atomic E-state index is 12.4. The van der Waals surface area contributed by atoms with Crippen LogP contribution in [0.1, 0.15) is 80.1 Å². The van der Waals surface area contributed by atoms with Crippen molar-refractivity contribution in [3.05, 3.63) is 0 Å². The number of Topliss-reactive ketones (excluding diaryl/α,β-unsaturated/α-hetero) is 2. The fraction of sp³-hybridized carbons (Fsp3) is 0.810. The molecule has 0 aliphatic rings. The average molecular weight is 383 g/mol. The van der Waals surface area contributed by atoms with Crippen LogP contribution in [0.3, 0.4) is 0 Å². The molecule has 0 aromatic rings. The van der Waals surface area contributed by atoms with Gasteiger partial charge in [0.15, 0.2) is 0 Å². The minimum Gasteiger partial charge on any atom is -0.354 e. The number of amides is 2. The summed E-state index contributed by atoms with van der Waals surface area (Å²) in [6, 6.07) is -0.554. The smallest absolute Gasteiger partial charge is 0.242 e. The van der Waals surface area contributed by atoms with Crippen LogP contribution in [0.5, 0.6) is 0 Å².